The average molecular weight is 712 g/mol. The van der Waals surface area contributed by atoms with Gasteiger partial charge in [-0.1, -0.05) is 48.4 Å². The van der Waals surface area contributed by atoms with Gasteiger partial charge < -0.3 is 30.1 Å². The first-order valence-electron chi connectivity index (χ1n) is 15.9. The highest BCUT2D eigenvalue weighted by molar-refractivity contribution is 9.11. The van der Waals surface area contributed by atoms with Gasteiger partial charge in [0.1, 0.15) is 11.8 Å². The van der Waals surface area contributed by atoms with Crippen LogP contribution in [0.3, 0.4) is 0 Å². The molecular weight excluding hydrogens is 664 g/mol. The van der Waals surface area contributed by atoms with Crippen molar-refractivity contribution in [2.45, 2.75) is 75.8 Å². The molecular formula is C32H47BrN4O7S. The van der Waals surface area contributed by atoms with E-state index in [9.17, 15) is 23.1 Å². The number of hydrogen-bond donors (Lipinski definition) is 3. The van der Waals surface area contributed by atoms with Crippen molar-refractivity contribution >= 4 is 37.9 Å². The van der Waals surface area contributed by atoms with E-state index in [1.54, 1.807) is 23.1 Å². The number of fused-ring (bicyclic) bond motifs is 1. The van der Waals surface area contributed by atoms with Crippen LogP contribution < -0.4 is 15.4 Å². The van der Waals surface area contributed by atoms with E-state index in [0.29, 0.717) is 77.3 Å². The largest absolute Gasteiger partial charge is 0.493 e. The number of hydrogen-bond acceptors (Lipinski definition) is 7. The smallest absolute Gasteiger partial charge is 0.318 e. The van der Waals surface area contributed by atoms with Gasteiger partial charge in [-0.25, -0.2) is 13.2 Å². The predicted molar refractivity (Wildman–Crippen MR) is 176 cm³/mol. The molecule has 1 aliphatic carbocycles. The van der Waals surface area contributed by atoms with Gasteiger partial charge >= 0.3 is 6.03 Å². The van der Waals surface area contributed by atoms with Crippen molar-refractivity contribution in [2.24, 2.45) is 5.92 Å². The summed E-state index contributed by atoms with van der Waals surface area (Å²) in [7, 11) is -3.85. The van der Waals surface area contributed by atoms with E-state index in [0.717, 1.165) is 28.5 Å². The lowest BCUT2D eigenvalue weighted by atomic mass is 9.99. The van der Waals surface area contributed by atoms with E-state index in [2.05, 4.69) is 32.6 Å². The maximum atomic E-state index is 13.8. The molecule has 3 amide bonds. The molecule has 0 aromatic heterocycles. The number of nitrogens with one attached hydrogen (secondary N) is 2. The highest BCUT2D eigenvalue weighted by Gasteiger charge is 2.33. The quantitative estimate of drug-likeness (QED) is 0.236. The molecule has 0 unspecified atom stereocenters. The number of amides is 3. The van der Waals surface area contributed by atoms with Crippen LogP contribution in [0.5, 0.6) is 5.75 Å². The zero-order valence-electron chi connectivity index (χ0n) is 26.3. The minimum atomic E-state index is -3.85. The number of aliphatic hydroxyl groups is 1. The second kappa shape index (κ2) is 16.9. The molecule has 0 spiro atoms. The highest BCUT2D eigenvalue weighted by atomic mass is 79.9. The third-order valence-corrected chi connectivity index (χ3v) is 11.0. The van der Waals surface area contributed by atoms with Crippen molar-refractivity contribution in [2.75, 3.05) is 52.6 Å². The maximum absolute atomic E-state index is 13.8. The fourth-order valence-electron chi connectivity index (χ4n) is 5.73. The highest BCUT2D eigenvalue weighted by Crippen LogP contribution is 2.31. The van der Waals surface area contributed by atoms with Gasteiger partial charge in [0.25, 0.3) is 0 Å². The molecule has 2 atom stereocenters. The van der Waals surface area contributed by atoms with Gasteiger partial charge in [-0.3, -0.25) is 4.79 Å². The Labute approximate surface area is 275 Å². The molecule has 0 saturated carbocycles. The summed E-state index contributed by atoms with van der Waals surface area (Å²) in [5.74, 6) is 0.504. The predicted octanol–water partition coefficient (Wildman–Crippen LogP) is 3.72. The number of allylic oxidation sites excluding steroid dienone is 3. The number of urea groups is 1. The van der Waals surface area contributed by atoms with Crippen molar-refractivity contribution in [1.82, 2.24) is 19.8 Å². The fourth-order valence-corrected chi connectivity index (χ4v) is 8.11. The molecule has 1 saturated heterocycles. The van der Waals surface area contributed by atoms with Crippen LogP contribution in [0.2, 0.25) is 0 Å². The number of carbonyl (C=O) groups is 2. The molecule has 2 heterocycles. The molecule has 3 N–H and O–H groups in total. The van der Waals surface area contributed by atoms with Crippen molar-refractivity contribution in [3.63, 3.8) is 0 Å². The molecule has 0 bridgehead atoms. The van der Waals surface area contributed by atoms with Crippen molar-refractivity contribution < 1.29 is 32.6 Å². The number of unbranched alkanes of at least 4 members (excludes halogenated alkanes) is 1. The standard InChI is InChI=1S/C32H47BrN4O7S/c1-23(2)21-37(45(41,42)27-10-11-30-25(19-27)12-16-44-30)26(22-38)8-5-6-13-34-31(39)29(20-24-7-3-4-9-28(24)33)35-32(40)36-14-17-43-18-15-36/h3,7,10-11,19,23,26,29,38H,4-6,8-9,12-18,20-22H2,1-2H3,(H,34,39)(H,35,40)/t26-,29-/m0/s1. The summed E-state index contributed by atoms with van der Waals surface area (Å²) in [6.07, 6.45) is 8.50. The van der Waals surface area contributed by atoms with Gasteiger partial charge in [0.15, 0.2) is 0 Å². The minimum Gasteiger partial charge on any atom is -0.493 e. The van der Waals surface area contributed by atoms with Crippen LogP contribution in [0.4, 0.5) is 4.79 Å². The number of halogens is 1. The van der Waals surface area contributed by atoms with Gasteiger partial charge in [0.2, 0.25) is 15.9 Å². The fraction of sp³-hybridized carbons (Fsp3) is 0.625. The van der Waals surface area contributed by atoms with E-state index in [4.69, 9.17) is 9.47 Å². The maximum Gasteiger partial charge on any atom is 0.318 e. The van der Waals surface area contributed by atoms with Crippen LogP contribution >= 0.6 is 15.9 Å². The molecule has 0 radical (unpaired) electrons. The third kappa shape index (κ3) is 9.77. The van der Waals surface area contributed by atoms with E-state index < -0.39 is 22.1 Å². The summed E-state index contributed by atoms with van der Waals surface area (Å²) in [6, 6.07) is 3.32. The lowest BCUT2D eigenvalue weighted by molar-refractivity contribution is -0.123. The molecule has 4 rings (SSSR count). The summed E-state index contributed by atoms with van der Waals surface area (Å²) in [4.78, 5) is 28.1. The Bertz CT molecular complexity index is 1340. The van der Waals surface area contributed by atoms with Gasteiger partial charge in [0, 0.05) is 45.1 Å². The topological polar surface area (TPSA) is 138 Å². The second-order valence-electron chi connectivity index (χ2n) is 12.1. The van der Waals surface area contributed by atoms with Gasteiger partial charge in [-0.15, -0.1) is 0 Å². The van der Waals surface area contributed by atoms with E-state index in [1.807, 2.05) is 19.9 Å². The monoisotopic (exact) mass is 710 g/mol. The lowest BCUT2D eigenvalue weighted by Crippen LogP contribution is -2.53. The molecule has 11 nitrogen and oxygen atoms in total. The number of nitrogens with zero attached hydrogens (tertiary/aromatic N) is 2. The molecule has 3 aliphatic rings. The molecule has 2 aliphatic heterocycles. The number of benzene rings is 1. The van der Waals surface area contributed by atoms with Crippen LogP contribution in [0.15, 0.2) is 45.3 Å². The molecule has 1 aromatic rings. The lowest BCUT2D eigenvalue weighted by Gasteiger charge is -2.31. The number of rotatable bonds is 15. The minimum absolute atomic E-state index is 0.0599. The van der Waals surface area contributed by atoms with Crippen LogP contribution in [0.25, 0.3) is 0 Å². The van der Waals surface area contributed by atoms with Crippen molar-refractivity contribution in [3.8, 4) is 5.75 Å². The molecule has 13 heteroatoms. The van der Waals surface area contributed by atoms with Gasteiger partial charge in [0.05, 0.1) is 31.3 Å². The Morgan fingerprint density at radius 2 is 1.91 bits per heavy atom. The summed E-state index contributed by atoms with van der Waals surface area (Å²) in [5.41, 5.74) is 1.86. The first-order valence-corrected chi connectivity index (χ1v) is 18.2. The second-order valence-corrected chi connectivity index (χ2v) is 15.0. The Morgan fingerprint density at radius 1 is 1.13 bits per heavy atom. The molecule has 250 valence electrons. The van der Waals surface area contributed by atoms with Crippen LogP contribution in [0.1, 0.15) is 57.9 Å². The van der Waals surface area contributed by atoms with E-state index >= 15 is 0 Å². The van der Waals surface area contributed by atoms with Crippen LogP contribution in [-0.4, -0.2) is 99.4 Å². The summed E-state index contributed by atoms with van der Waals surface area (Å²) in [5, 5.41) is 16.2. The normalized spacial score (nSPS) is 18.1. The zero-order valence-corrected chi connectivity index (χ0v) is 28.7. The number of carbonyl (C=O) groups excluding carboxylic acids is 2. The Morgan fingerprint density at radius 3 is 2.62 bits per heavy atom. The number of aliphatic hydroxyl groups excluding tert-OH is 1. The summed E-state index contributed by atoms with van der Waals surface area (Å²) >= 11 is 3.62. The molecule has 1 fully saturated rings. The average Bonchev–Trinajstić information content (AvgIpc) is 3.51. The van der Waals surface area contributed by atoms with E-state index in [-0.39, 0.29) is 35.9 Å². The van der Waals surface area contributed by atoms with Gasteiger partial charge in [-0.2, -0.15) is 4.31 Å². The Kier molecular flexibility index (Phi) is 13.3. The molecule has 1 aromatic carbocycles. The van der Waals surface area contributed by atoms with Crippen molar-refractivity contribution in [3.05, 3.63) is 46.0 Å². The first-order chi connectivity index (χ1) is 21.6. The summed E-state index contributed by atoms with van der Waals surface area (Å²) in [6.45, 7) is 6.67. The van der Waals surface area contributed by atoms with Crippen LogP contribution in [-0.2, 0) is 26.0 Å². The van der Waals surface area contributed by atoms with Crippen molar-refractivity contribution in [1.29, 1.82) is 0 Å². The Balaban J connectivity index is 1.34. The Hall–Kier alpha value is -2.45. The zero-order chi connectivity index (χ0) is 32.4. The first kappa shape index (κ1) is 35.4. The van der Waals surface area contributed by atoms with Gasteiger partial charge in [-0.05, 0) is 65.4 Å². The SMILES string of the molecule is CC(C)CN([C@H](CO)CCCCNC(=O)[C@H](CC1=C(Br)CCC=C1)NC(=O)N1CCOCC1)S(=O)(=O)c1ccc2c(c1)CCO2. The third-order valence-electron chi connectivity index (χ3n) is 8.23. The number of sulfonamides is 1. The molecule has 45 heavy (non-hydrogen) atoms. The number of ether oxygens (including phenoxy) is 2. The number of morpholine rings is 1. The summed E-state index contributed by atoms with van der Waals surface area (Å²) < 4.78 is 40.9. The van der Waals surface area contributed by atoms with E-state index in [1.165, 1.54) is 4.31 Å². The van der Waals surface area contributed by atoms with Crippen LogP contribution in [0, 0.1) is 5.92 Å².